The van der Waals surface area contributed by atoms with Gasteiger partial charge in [0.15, 0.2) is 0 Å². The van der Waals surface area contributed by atoms with Gasteiger partial charge >= 0.3 is 0 Å². The zero-order valence-electron chi connectivity index (χ0n) is 7.81. The highest BCUT2D eigenvalue weighted by molar-refractivity contribution is 6.04. The molecule has 0 aliphatic rings. The average molecular weight is 169 g/mol. The van der Waals surface area contributed by atoms with Crippen LogP contribution in [0, 0.1) is 5.41 Å². The van der Waals surface area contributed by atoms with Gasteiger partial charge in [0.05, 0.1) is 0 Å². The summed E-state index contributed by atoms with van der Waals surface area (Å²) >= 11 is 0. The first-order valence-corrected chi connectivity index (χ1v) is 3.83. The molecule has 0 aliphatic carbocycles. The van der Waals surface area contributed by atoms with Gasteiger partial charge in [0, 0.05) is 6.54 Å². The Hall–Kier alpha value is -1.12. The fraction of sp³-hybridized carbons (Fsp3) is 0.556. The maximum Gasteiger partial charge on any atom is 0.233 e. The molecular formula is C9H15NO2. The maximum atomic E-state index is 11.3. The predicted octanol–water partition coefficient (Wildman–Crippen LogP) is 0.904. The van der Waals surface area contributed by atoms with Crippen LogP contribution in [0.2, 0.25) is 0 Å². The fourth-order valence-corrected chi connectivity index (χ4v) is 0.546. The van der Waals surface area contributed by atoms with E-state index in [0.717, 1.165) is 0 Å². The number of amides is 1. The molecule has 0 rings (SSSR count). The molecule has 0 unspecified atom stereocenters. The number of hydrogen-bond donors (Lipinski definition) is 1. The third-order valence-electron chi connectivity index (χ3n) is 1.85. The lowest BCUT2D eigenvalue weighted by Gasteiger charge is -2.19. The van der Waals surface area contributed by atoms with Crippen molar-refractivity contribution in [2.45, 2.75) is 20.8 Å². The molecule has 0 saturated carbocycles. The van der Waals surface area contributed by atoms with Crippen LogP contribution in [0.25, 0.3) is 0 Å². The summed E-state index contributed by atoms with van der Waals surface area (Å²) in [4.78, 5) is 22.3. The lowest BCUT2D eigenvalue weighted by atomic mass is 9.88. The Morgan fingerprint density at radius 2 is 2.00 bits per heavy atom. The van der Waals surface area contributed by atoms with Gasteiger partial charge in [-0.1, -0.05) is 6.08 Å². The second-order valence-electron chi connectivity index (χ2n) is 3.18. The molecule has 0 aromatic carbocycles. The van der Waals surface area contributed by atoms with Gasteiger partial charge in [-0.05, 0) is 20.8 Å². The normalized spacial score (nSPS) is 10.6. The molecule has 0 atom stereocenters. The minimum absolute atomic E-state index is 0.135. The zero-order chi connectivity index (χ0) is 9.78. The van der Waals surface area contributed by atoms with Crippen LogP contribution < -0.4 is 5.32 Å². The lowest BCUT2D eigenvalue weighted by Crippen LogP contribution is -2.41. The molecule has 1 amide bonds. The van der Waals surface area contributed by atoms with Crippen molar-refractivity contribution in [1.29, 1.82) is 0 Å². The Morgan fingerprint density at radius 3 is 2.33 bits per heavy atom. The summed E-state index contributed by atoms with van der Waals surface area (Å²) in [5.41, 5.74) is -0.928. The molecule has 68 valence electrons. The molecule has 0 bridgehead atoms. The number of rotatable bonds is 4. The van der Waals surface area contributed by atoms with Crippen molar-refractivity contribution in [3.63, 3.8) is 0 Å². The van der Waals surface area contributed by atoms with Crippen molar-refractivity contribution in [2.75, 3.05) is 6.54 Å². The van der Waals surface area contributed by atoms with Gasteiger partial charge in [-0.2, -0.15) is 0 Å². The third-order valence-corrected chi connectivity index (χ3v) is 1.85. The first-order chi connectivity index (χ1) is 5.42. The van der Waals surface area contributed by atoms with E-state index in [1.54, 1.807) is 19.9 Å². The van der Waals surface area contributed by atoms with Gasteiger partial charge in [-0.3, -0.25) is 9.59 Å². The highest BCUT2D eigenvalue weighted by Gasteiger charge is 2.31. The molecule has 3 heteroatoms. The SMILES string of the molecule is C=CCNC(=O)C(C)(C)C(C)=O. The van der Waals surface area contributed by atoms with Crippen LogP contribution in [0.5, 0.6) is 0 Å². The Labute approximate surface area is 72.8 Å². The third kappa shape index (κ3) is 2.49. The van der Waals surface area contributed by atoms with Crippen LogP contribution in [0.15, 0.2) is 12.7 Å². The van der Waals surface area contributed by atoms with E-state index in [9.17, 15) is 9.59 Å². The summed E-state index contributed by atoms with van der Waals surface area (Å²) in [6, 6.07) is 0. The van der Waals surface area contributed by atoms with Crippen LogP contribution in [-0.2, 0) is 9.59 Å². The van der Waals surface area contributed by atoms with E-state index in [1.807, 2.05) is 0 Å². The van der Waals surface area contributed by atoms with E-state index in [4.69, 9.17) is 0 Å². The number of nitrogens with one attached hydrogen (secondary N) is 1. The van der Waals surface area contributed by atoms with Crippen LogP contribution in [-0.4, -0.2) is 18.2 Å². The van der Waals surface area contributed by atoms with E-state index >= 15 is 0 Å². The lowest BCUT2D eigenvalue weighted by molar-refractivity contribution is -0.138. The summed E-state index contributed by atoms with van der Waals surface area (Å²) in [7, 11) is 0. The smallest absolute Gasteiger partial charge is 0.233 e. The van der Waals surface area contributed by atoms with E-state index in [1.165, 1.54) is 6.92 Å². The fourth-order valence-electron chi connectivity index (χ4n) is 0.546. The highest BCUT2D eigenvalue weighted by Crippen LogP contribution is 2.15. The van der Waals surface area contributed by atoms with Crippen molar-refractivity contribution < 1.29 is 9.59 Å². The zero-order valence-corrected chi connectivity index (χ0v) is 7.81. The summed E-state index contributed by atoms with van der Waals surface area (Å²) in [6.45, 7) is 8.48. The van der Waals surface area contributed by atoms with Gasteiger partial charge in [0.2, 0.25) is 5.91 Å². The first-order valence-electron chi connectivity index (χ1n) is 3.83. The average Bonchev–Trinajstić information content (AvgIpc) is 1.99. The molecule has 0 aliphatic heterocycles. The monoisotopic (exact) mass is 169 g/mol. The van der Waals surface area contributed by atoms with Crippen molar-refractivity contribution >= 4 is 11.7 Å². The summed E-state index contributed by atoms with van der Waals surface area (Å²) in [6.07, 6.45) is 1.58. The number of Topliss-reactive ketones (excluding diaryl/α,β-unsaturated/α-hetero) is 1. The molecular weight excluding hydrogens is 154 g/mol. The van der Waals surface area contributed by atoms with E-state index < -0.39 is 5.41 Å². The van der Waals surface area contributed by atoms with Gasteiger partial charge in [-0.25, -0.2) is 0 Å². The Morgan fingerprint density at radius 1 is 1.50 bits per heavy atom. The van der Waals surface area contributed by atoms with Crippen LogP contribution in [0.3, 0.4) is 0 Å². The van der Waals surface area contributed by atoms with Gasteiger partial charge in [-0.15, -0.1) is 6.58 Å². The quantitative estimate of drug-likeness (QED) is 0.502. The van der Waals surface area contributed by atoms with E-state index in [0.29, 0.717) is 6.54 Å². The molecule has 0 aromatic heterocycles. The standard InChI is InChI=1S/C9H15NO2/c1-5-6-10-8(12)9(3,4)7(2)11/h5H,1,6H2,2-4H3,(H,10,12). The Bertz CT molecular complexity index is 207. The van der Waals surface area contributed by atoms with Crippen molar-refractivity contribution in [1.82, 2.24) is 5.32 Å². The second kappa shape index (κ2) is 4.04. The summed E-state index contributed by atoms with van der Waals surface area (Å²) < 4.78 is 0. The number of carbonyl (C=O) groups excluding carboxylic acids is 2. The second-order valence-corrected chi connectivity index (χ2v) is 3.18. The molecule has 0 heterocycles. The van der Waals surface area contributed by atoms with Crippen molar-refractivity contribution in [3.8, 4) is 0 Å². The van der Waals surface area contributed by atoms with Crippen molar-refractivity contribution in [3.05, 3.63) is 12.7 Å². The minimum Gasteiger partial charge on any atom is -0.352 e. The number of carbonyl (C=O) groups is 2. The van der Waals surface area contributed by atoms with Crippen LogP contribution in [0.1, 0.15) is 20.8 Å². The molecule has 0 aromatic rings. The van der Waals surface area contributed by atoms with E-state index in [2.05, 4.69) is 11.9 Å². The molecule has 0 radical (unpaired) electrons. The molecule has 0 fully saturated rings. The molecule has 0 saturated heterocycles. The molecule has 12 heavy (non-hydrogen) atoms. The number of ketones is 1. The molecule has 3 nitrogen and oxygen atoms in total. The van der Waals surface area contributed by atoms with Gasteiger partial charge < -0.3 is 5.32 Å². The number of hydrogen-bond acceptors (Lipinski definition) is 2. The highest BCUT2D eigenvalue weighted by atomic mass is 16.2. The largest absolute Gasteiger partial charge is 0.352 e. The molecule has 1 N–H and O–H groups in total. The van der Waals surface area contributed by atoms with Crippen molar-refractivity contribution in [2.24, 2.45) is 5.41 Å². The minimum atomic E-state index is -0.928. The van der Waals surface area contributed by atoms with Gasteiger partial charge in [0.1, 0.15) is 11.2 Å². The van der Waals surface area contributed by atoms with Gasteiger partial charge in [0.25, 0.3) is 0 Å². The maximum absolute atomic E-state index is 11.3. The first kappa shape index (κ1) is 10.9. The topological polar surface area (TPSA) is 46.2 Å². The molecule has 0 spiro atoms. The Balaban J connectivity index is 4.25. The van der Waals surface area contributed by atoms with E-state index in [-0.39, 0.29) is 11.7 Å². The van der Waals surface area contributed by atoms with Crippen LogP contribution >= 0.6 is 0 Å². The Kier molecular flexibility index (Phi) is 3.67. The van der Waals surface area contributed by atoms with Crippen LogP contribution in [0.4, 0.5) is 0 Å². The summed E-state index contributed by atoms with van der Waals surface area (Å²) in [5, 5.41) is 2.58. The predicted molar refractivity (Wildman–Crippen MR) is 47.7 cm³/mol. The summed E-state index contributed by atoms with van der Waals surface area (Å²) in [5.74, 6) is -0.390.